The molecule has 0 spiro atoms. The van der Waals surface area contributed by atoms with Crippen LogP contribution < -0.4 is 0 Å². The molecule has 1 aromatic carbocycles. The van der Waals surface area contributed by atoms with Crippen molar-refractivity contribution in [2.24, 2.45) is 0 Å². The lowest BCUT2D eigenvalue weighted by molar-refractivity contribution is -0.136. The van der Waals surface area contributed by atoms with Crippen molar-refractivity contribution in [1.82, 2.24) is 4.98 Å². The predicted octanol–water partition coefficient (Wildman–Crippen LogP) is 2.41. The number of carboxylic acids is 1. The maximum atomic E-state index is 10.7. The minimum Gasteiger partial charge on any atom is -0.481 e. The van der Waals surface area contributed by atoms with Crippen LogP contribution in [0.15, 0.2) is 18.2 Å². The molecular formula is C12H13NO2. The Bertz CT molecular complexity index is 526. The Hall–Kier alpha value is -1.77. The van der Waals surface area contributed by atoms with Crippen LogP contribution in [0.4, 0.5) is 0 Å². The predicted molar refractivity (Wildman–Crippen MR) is 59.1 cm³/mol. The number of aromatic amines is 1. The molecule has 3 nitrogen and oxygen atoms in total. The molecule has 0 aliphatic heterocycles. The number of aryl methyl sites for hydroxylation is 2. The summed E-state index contributed by atoms with van der Waals surface area (Å²) in [4.78, 5) is 13.9. The summed E-state index contributed by atoms with van der Waals surface area (Å²) in [6, 6.07) is 5.77. The molecule has 2 aromatic rings. The van der Waals surface area contributed by atoms with E-state index in [9.17, 15) is 4.79 Å². The maximum Gasteiger partial charge on any atom is 0.307 e. The van der Waals surface area contributed by atoms with Gasteiger partial charge < -0.3 is 10.1 Å². The summed E-state index contributed by atoms with van der Waals surface area (Å²) < 4.78 is 0. The van der Waals surface area contributed by atoms with Crippen LogP contribution in [0.2, 0.25) is 0 Å². The number of hydrogen-bond acceptors (Lipinski definition) is 1. The highest BCUT2D eigenvalue weighted by Crippen LogP contribution is 2.24. The molecule has 15 heavy (non-hydrogen) atoms. The van der Waals surface area contributed by atoms with Gasteiger partial charge in [0.2, 0.25) is 0 Å². The van der Waals surface area contributed by atoms with E-state index in [1.165, 1.54) is 5.56 Å². The topological polar surface area (TPSA) is 53.1 Å². The van der Waals surface area contributed by atoms with E-state index >= 15 is 0 Å². The lowest BCUT2D eigenvalue weighted by Gasteiger charge is -1.99. The van der Waals surface area contributed by atoms with Gasteiger partial charge in [-0.2, -0.15) is 0 Å². The second kappa shape index (κ2) is 3.42. The molecule has 0 bridgehead atoms. The highest BCUT2D eigenvalue weighted by Gasteiger charge is 2.09. The van der Waals surface area contributed by atoms with E-state index in [0.29, 0.717) is 0 Å². The standard InChI is InChI=1S/C12H13NO2/c1-7-8(2)13-12-9(6-11(14)15)4-3-5-10(7)12/h3-5,13H,6H2,1-2H3,(H,14,15). The van der Waals surface area contributed by atoms with Crippen LogP contribution in [0.25, 0.3) is 10.9 Å². The van der Waals surface area contributed by atoms with E-state index < -0.39 is 5.97 Å². The second-order valence-corrected chi connectivity index (χ2v) is 3.79. The first-order valence-corrected chi connectivity index (χ1v) is 4.88. The molecule has 0 amide bonds. The summed E-state index contributed by atoms with van der Waals surface area (Å²) in [6.45, 7) is 4.04. The largest absolute Gasteiger partial charge is 0.481 e. The number of hydrogen-bond donors (Lipinski definition) is 2. The van der Waals surface area contributed by atoms with E-state index in [4.69, 9.17) is 5.11 Å². The maximum absolute atomic E-state index is 10.7. The van der Waals surface area contributed by atoms with Crippen LogP contribution in [-0.2, 0) is 11.2 Å². The molecule has 2 N–H and O–H groups in total. The minimum atomic E-state index is -0.799. The van der Waals surface area contributed by atoms with E-state index in [1.807, 2.05) is 32.0 Å². The summed E-state index contributed by atoms with van der Waals surface area (Å²) in [5, 5.41) is 9.91. The molecule has 0 unspecified atom stereocenters. The number of benzene rings is 1. The van der Waals surface area contributed by atoms with Crippen molar-refractivity contribution in [3.05, 3.63) is 35.0 Å². The fourth-order valence-corrected chi connectivity index (χ4v) is 1.85. The fourth-order valence-electron chi connectivity index (χ4n) is 1.85. The zero-order valence-corrected chi connectivity index (χ0v) is 8.79. The lowest BCUT2D eigenvalue weighted by Crippen LogP contribution is -2.00. The van der Waals surface area contributed by atoms with Crippen LogP contribution in [0, 0.1) is 13.8 Å². The van der Waals surface area contributed by atoms with E-state index in [-0.39, 0.29) is 6.42 Å². The zero-order chi connectivity index (χ0) is 11.0. The van der Waals surface area contributed by atoms with Crippen LogP contribution in [0.1, 0.15) is 16.8 Å². The number of H-pyrrole nitrogens is 1. The number of aromatic nitrogens is 1. The third-order valence-corrected chi connectivity index (χ3v) is 2.77. The van der Waals surface area contributed by atoms with Gasteiger partial charge in [0.05, 0.1) is 6.42 Å². The highest BCUT2D eigenvalue weighted by atomic mass is 16.4. The van der Waals surface area contributed by atoms with Crippen LogP contribution in [-0.4, -0.2) is 16.1 Å². The molecule has 0 saturated carbocycles. The molecule has 0 aliphatic rings. The fraction of sp³-hybridized carbons (Fsp3) is 0.250. The van der Waals surface area contributed by atoms with Crippen molar-refractivity contribution in [3.63, 3.8) is 0 Å². The molecule has 0 atom stereocenters. The molecule has 78 valence electrons. The van der Waals surface area contributed by atoms with Gasteiger partial charge in [0.1, 0.15) is 0 Å². The molecule has 0 radical (unpaired) electrons. The van der Waals surface area contributed by atoms with E-state index in [1.54, 1.807) is 0 Å². The number of nitrogens with one attached hydrogen (secondary N) is 1. The Labute approximate surface area is 87.7 Å². The normalized spacial score (nSPS) is 10.8. The van der Waals surface area contributed by atoms with Crippen LogP contribution in [0.5, 0.6) is 0 Å². The van der Waals surface area contributed by atoms with Crippen molar-refractivity contribution in [2.45, 2.75) is 20.3 Å². The summed E-state index contributed by atoms with van der Waals surface area (Å²) >= 11 is 0. The smallest absolute Gasteiger partial charge is 0.307 e. The monoisotopic (exact) mass is 203 g/mol. The van der Waals surface area contributed by atoms with Gasteiger partial charge in [-0.1, -0.05) is 18.2 Å². The number of para-hydroxylation sites is 1. The Balaban J connectivity index is 2.65. The van der Waals surface area contributed by atoms with Gasteiger partial charge >= 0.3 is 5.97 Å². The van der Waals surface area contributed by atoms with Crippen molar-refractivity contribution < 1.29 is 9.90 Å². The molecule has 3 heteroatoms. The molecule has 0 aliphatic carbocycles. The third kappa shape index (κ3) is 1.61. The third-order valence-electron chi connectivity index (χ3n) is 2.77. The summed E-state index contributed by atoms with van der Waals surface area (Å²) in [5.74, 6) is -0.799. The summed E-state index contributed by atoms with van der Waals surface area (Å²) in [6.07, 6.45) is 0.0662. The Morgan fingerprint density at radius 3 is 2.80 bits per heavy atom. The Morgan fingerprint density at radius 1 is 1.40 bits per heavy atom. The first-order valence-electron chi connectivity index (χ1n) is 4.88. The summed E-state index contributed by atoms with van der Waals surface area (Å²) in [7, 11) is 0. The van der Waals surface area contributed by atoms with E-state index in [0.717, 1.165) is 22.2 Å². The minimum absolute atomic E-state index is 0.0662. The molecule has 2 rings (SSSR count). The quantitative estimate of drug-likeness (QED) is 0.787. The summed E-state index contributed by atoms with van der Waals surface area (Å²) in [5.41, 5.74) is 4.09. The number of aliphatic carboxylic acids is 1. The Morgan fingerprint density at radius 2 is 2.13 bits per heavy atom. The number of fused-ring (bicyclic) bond motifs is 1. The average molecular weight is 203 g/mol. The molecule has 0 saturated heterocycles. The Kier molecular flexibility index (Phi) is 2.23. The van der Waals surface area contributed by atoms with Crippen molar-refractivity contribution in [1.29, 1.82) is 0 Å². The van der Waals surface area contributed by atoms with Crippen LogP contribution >= 0.6 is 0 Å². The molecular weight excluding hydrogens is 190 g/mol. The highest BCUT2D eigenvalue weighted by molar-refractivity contribution is 5.89. The molecule has 1 aromatic heterocycles. The van der Waals surface area contributed by atoms with Crippen molar-refractivity contribution in [2.75, 3.05) is 0 Å². The van der Waals surface area contributed by atoms with Crippen molar-refractivity contribution >= 4 is 16.9 Å². The van der Waals surface area contributed by atoms with Gasteiger partial charge in [0, 0.05) is 16.6 Å². The average Bonchev–Trinajstić information content (AvgIpc) is 2.45. The van der Waals surface area contributed by atoms with Gasteiger partial charge in [-0.15, -0.1) is 0 Å². The first kappa shape index (κ1) is 9.77. The van der Waals surface area contributed by atoms with Gasteiger partial charge in [-0.05, 0) is 25.0 Å². The molecule has 1 heterocycles. The number of carboxylic acid groups (broad SMARTS) is 1. The van der Waals surface area contributed by atoms with Gasteiger partial charge in [0.25, 0.3) is 0 Å². The molecule has 0 fully saturated rings. The zero-order valence-electron chi connectivity index (χ0n) is 8.79. The van der Waals surface area contributed by atoms with Crippen LogP contribution in [0.3, 0.4) is 0 Å². The lowest BCUT2D eigenvalue weighted by atomic mass is 10.1. The second-order valence-electron chi connectivity index (χ2n) is 3.79. The van der Waals surface area contributed by atoms with Gasteiger partial charge in [0.15, 0.2) is 0 Å². The van der Waals surface area contributed by atoms with E-state index in [2.05, 4.69) is 4.98 Å². The number of carbonyl (C=O) groups is 1. The number of rotatable bonds is 2. The SMILES string of the molecule is Cc1[nH]c2c(CC(=O)O)cccc2c1C. The first-order chi connectivity index (χ1) is 7.09. The van der Waals surface area contributed by atoms with Crippen molar-refractivity contribution in [3.8, 4) is 0 Å². The van der Waals surface area contributed by atoms with Gasteiger partial charge in [-0.25, -0.2) is 0 Å². The van der Waals surface area contributed by atoms with Gasteiger partial charge in [-0.3, -0.25) is 4.79 Å².